The van der Waals surface area contributed by atoms with E-state index < -0.39 is 23.2 Å². The molecule has 0 aromatic heterocycles. The van der Waals surface area contributed by atoms with E-state index in [1.54, 1.807) is 22.3 Å². The Labute approximate surface area is 124 Å². The summed E-state index contributed by atoms with van der Waals surface area (Å²) in [5.41, 5.74) is 6.50. The van der Waals surface area contributed by atoms with Crippen LogP contribution in [0.1, 0.15) is 53.9 Å². The summed E-state index contributed by atoms with van der Waals surface area (Å²) in [7, 11) is 0. The Hall–Kier alpha value is -0.157. The molecule has 1 atom stereocenters. The van der Waals surface area contributed by atoms with Crippen molar-refractivity contribution in [2.24, 2.45) is 5.92 Å². The second-order valence-corrected chi connectivity index (χ2v) is 8.98. The van der Waals surface area contributed by atoms with Crippen molar-refractivity contribution < 1.29 is 23.2 Å². The van der Waals surface area contributed by atoms with E-state index in [9.17, 15) is 0 Å². The van der Waals surface area contributed by atoms with Crippen molar-refractivity contribution in [2.75, 3.05) is 0 Å². The zero-order chi connectivity index (χ0) is 13.3. The molecule has 0 nitrogen and oxygen atoms in total. The molecule has 0 heterocycles. The Bertz CT molecular complexity index is 472. The zero-order valence-corrected chi connectivity index (χ0v) is 14.8. The fraction of sp³-hybridized carbons (Fsp3) is 0.529. The van der Waals surface area contributed by atoms with Gasteiger partial charge in [-0.1, -0.05) is 0 Å². The van der Waals surface area contributed by atoms with Crippen LogP contribution in [0.25, 0.3) is 0 Å². The molecule has 0 amide bonds. The Balaban J connectivity index is 2.20. The molecule has 0 bridgehead atoms. The molecular weight excluding hydrogens is 295 g/mol. The predicted octanol–water partition coefficient (Wildman–Crippen LogP) is 5.34. The molecule has 2 rings (SSSR count). The SMILES string of the molecule is CCCC1=[C]([Zr][C]2=C(C)C(C)=C(C)C2C)CC=C1. The summed E-state index contributed by atoms with van der Waals surface area (Å²) in [4.78, 5) is 0. The monoisotopic (exact) mass is 318 g/mol. The van der Waals surface area contributed by atoms with Crippen LogP contribution in [0.3, 0.4) is 0 Å². The maximum atomic E-state index is 2.41. The van der Waals surface area contributed by atoms with Crippen molar-refractivity contribution in [3.8, 4) is 0 Å². The normalized spacial score (nSPS) is 23.7. The number of allylic oxidation sites excluding steroid dienone is 8. The predicted molar refractivity (Wildman–Crippen MR) is 75.9 cm³/mol. The molecule has 0 N–H and O–H groups in total. The first kappa shape index (κ1) is 14.3. The van der Waals surface area contributed by atoms with E-state index in [1.807, 2.05) is 6.56 Å². The third-order valence-electron chi connectivity index (χ3n) is 4.47. The summed E-state index contributed by atoms with van der Waals surface area (Å²) in [6.07, 6.45) is 8.60. The molecule has 0 radical (unpaired) electrons. The third kappa shape index (κ3) is 2.57. The summed E-state index contributed by atoms with van der Waals surface area (Å²) < 4.78 is 3.67. The van der Waals surface area contributed by atoms with Gasteiger partial charge < -0.3 is 0 Å². The molecule has 0 spiro atoms. The Morgan fingerprint density at radius 3 is 2.50 bits per heavy atom. The van der Waals surface area contributed by atoms with Crippen LogP contribution in [-0.4, -0.2) is 0 Å². The van der Waals surface area contributed by atoms with E-state index in [4.69, 9.17) is 0 Å². The molecular formula is C17H24Zr. The fourth-order valence-corrected chi connectivity index (χ4v) is 7.15. The van der Waals surface area contributed by atoms with Gasteiger partial charge in [0.15, 0.2) is 0 Å². The van der Waals surface area contributed by atoms with E-state index in [-0.39, 0.29) is 0 Å². The van der Waals surface area contributed by atoms with Gasteiger partial charge in [-0.3, -0.25) is 0 Å². The summed E-state index contributed by atoms with van der Waals surface area (Å²) in [5.74, 6) is 0.729. The molecule has 1 unspecified atom stereocenters. The average Bonchev–Trinajstić information content (AvgIpc) is 2.86. The van der Waals surface area contributed by atoms with E-state index in [1.165, 1.54) is 19.3 Å². The van der Waals surface area contributed by atoms with Crippen molar-refractivity contribution in [1.82, 2.24) is 0 Å². The zero-order valence-electron chi connectivity index (χ0n) is 12.4. The number of hydrogen-bond donors (Lipinski definition) is 0. The minimum atomic E-state index is -0.522. The van der Waals surface area contributed by atoms with Crippen molar-refractivity contribution in [2.45, 2.75) is 53.9 Å². The molecule has 2 aliphatic rings. The first-order valence-electron chi connectivity index (χ1n) is 7.10. The van der Waals surface area contributed by atoms with Gasteiger partial charge in [-0.05, 0) is 0 Å². The molecule has 0 saturated heterocycles. The van der Waals surface area contributed by atoms with Crippen LogP contribution < -0.4 is 0 Å². The van der Waals surface area contributed by atoms with E-state index >= 15 is 0 Å². The standard InChI is InChI=1S/C9H13.C8H11.Zr/c1-6-5-7(2)9(4)8(6)3;1-2-5-8-6-3-4-7-8;/h6H,1-4H3;3,6H,2,4-5H2,1H3;. The topological polar surface area (TPSA) is 0 Å². The van der Waals surface area contributed by atoms with Crippen LogP contribution in [0, 0.1) is 5.92 Å². The summed E-state index contributed by atoms with van der Waals surface area (Å²) >= 11 is -0.522. The molecule has 0 aliphatic heterocycles. The summed E-state index contributed by atoms with van der Waals surface area (Å²) in [6, 6.07) is 0. The second kappa shape index (κ2) is 5.87. The third-order valence-corrected chi connectivity index (χ3v) is 9.16. The van der Waals surface area contributed by atoms with Gasteiger partial charge >= 0.3 is 124 Å². The van der Waals surface area contributed by atoms with Gasteiger partial charge in [-0.25, -0.2) is 0 Å². The van der Waals surface area contributed by atoms with Gasteiger partial charge in [0.2, 0.25) is 0 Å². The molecule has 0 aromatic rings. The first-order valence-corrected chi connectivity index (χ1v) is 9.56. The van der Waals surface area contributed by atoms with Crippen LogP contribution in [0.2, 0.25) is 0 Å². The fourth-order valence-electron chi connectivity index (χ4n) is 2.91. The minimum absolute atomic E-state index is 0.522. The Kier molecular flexibility index (Phi) is 4.65. The van der Waals surface area contributed by atoms with Gasteiger partial charge in [0.05, 0.1) is 0 Å². The number of hydrogen-bond acceptors (Lipinski definition) is 0. The van der Waals surface area contributed by atoms with Gasteiger partial charge in [-0.2, -0.15) is 0 Å². The van der Waals surface area contributed by atoms with Crippen LogP contribution in [0.5, 0.6) is 0 Å². The van der Waals surface area contributed by atoms with E-state index in [2.05, 4.69) is 46.8 Å². The van der Waals surface area contributed by atoms with Crippen LogP contribution in [-0.2, 0) is 23.2 Å². The van der Waals surface area contributed by atoms with E-state index in [0.717, 1.165) is 5.92 Å². The van der Waals surface area contributed by atoms with Gasteiger partial charge in [-0.15, -0.1) is 0 Å². The molecule has 0 fully saturated rings. The summed E-state index contributed by atoms with van der Waals surface area (Å²) in [6.45, 7) is 11.7. The average molecular weight is 320 g/mol. The number of rotatable bonds is 4. The van der Waals surface area contributed by atoms with Crippen LogP contribution in [0.4, 0.5) is 0 Å². The molecule has 0 aromatic carbocycles. The quantitative estimate of drug-likeness (QED) is 0.656. The van der Waals surface area contributed by atoms with Crippen molar-refractivity contribution in [1.29, 1.82) is 0 Å². The van der Waals surface area contributed by atoms with Crippen molar-refractivity contribution >= 4 is 0 Å². The van der Waals surface area contributed by atoms with Gasteiger partial charge in [0.25, 0.3) is 0 Å². The Morgan fingerprint density at radius 1 is 1.22 bits per heavy atom. The molecule has 96 valence electrons. The molecule has 2 aliphatic carbocycles. The van der Waals surface area contributed by atoms with Crippen molar-refractivity contribution in [3.05, 3.63) is 41.0 Å². The Morgan fingerprint density at radius 2 is 1.94 bits per heavy atom. The van der Waals surface area contributed by atoms with Crippen LogP contribution >= 0.6 is 0 Å². The van der Waals surface area contributed by atoms with Gasteiger partial charge in [0, 0.05) is 0 Å². The molecule has 18 heavy (non-hydrogen) atoms. The first-order chi connectivity index (χ1) is 8.56. The molecule has 0 saturated carbocycles. The van der Waals surface area contributed by atoms with E-state index in [0.29, 0.717) is 0 Å². The second-order valence-electron chi connectivity index (χ2n) is 5.55. The van der Waals surface area contributed by atoms with Gasteiger partial charge in [0.1, 0.15) is 0 Å². The van der Waals surface area contributed by atoms with Crippen molar-refractivity contribution in [3.63, 3.8) is 0 Å². The van der Waals surface area contributed by atoms with Crippen LogP contribution in [0.15, 0.2) is 41.0 Å². The molecule has 1 heteroatoms. The maximum absolute atomic E-state index is 2.41. The summed E-state index contributed by atoms with van der Waals surface area (Å²) in [5, 5.41) is 0.